The van der Waals surface area contributed by atoms with Gasteiger partial charge in [-0.1, -0.05) is 48.5 Å². The minimum atomic E-state index is 0.0369. The topological polar surface area (TPSA) is 40.6 Å². The maximum absolute atomic E-state index is 12.8. The minimum absolute atomic E-state index is 0.0369. The molecule has 2 aromatic rings. The molecule has 0 saturated heterocycles. The third-order valence-corrected chi connectivity index (χ3v) is 5.19. The van der Waals surface area contributed by atoms with Crippen molar-refractivity contribution in [3.8, 4) is 0 Å². The molecule has 1 aliphatic rings. The van der Waals surface area contributed by atoms with E-state index in [-0.39, 0.29) is 11.8 Å². The molecule has 3 rings (SSSR count). The predicted molar refractivity (Wildman–Crippen MR) is 109 cm³/mol. The van der Waals surface area contributed by atoms with Gasteiger partial charge in [-0.3, -0.25) is 9.59 Å². The first kappa shape index (κ1) is 19.2. The Labute approximate surface area is 161 Å². The lowest BCUT2D eigenvalue weighted by atomic mass is 10.0. The van der Waals surface area contributed by atoms with Crippen molar-refractivity contribution in [1.82, 2.24) is 4.90 Å². The number of carbonyl (C=O) groups excluding carboxylic acids is 2. The molecule has 0 fully saturated rings. The quantitative estimate of drug-likeness (QED) is 0.749. The van der Waals surface area contributed by atoms with Crippen LogP contribution in [0.3, 0.4) is 0 Å². The molecule has 0 atom stereocenters. The van der Waals surface area contributed by atoms with Crippen LogP contribution < -0.4 is 4.90 Å². The molecule has 0 aliphatic carbocycles. The molecule has 0 N–H and O–H groups in total. The Morgan fingerprint density at radius 2 is 1.74 bits per heavy atom. The van der Waals surface area contributed by atoms with Gasteiger partial charge in [-0.25, -0.2) is 0 Å². The highest BCUT2D eigenvalue weighted by molar-refractivity contribution is 5.94. The van der Waals surface area contributed by atoms with Crippen LogP contribution >= 0.6 is 0 Å². The molecule has 4 heteroatoms. The normalized spacial score (nSPS) is 13.1. The van der Waals surface area contributed by atoms with Gasteiger partial charge in [0.05, 0.1) is 0 Å². The zero-order valence-electron chi connectivity index (χ0n) is 16.1. The monoisotopic (exact) mass is 364 g/mol. The number of hydrogen-bond donors (Lipinski definition) is 0. The first-order chi connectivity index (χ1) is 13.1. The molecule has 2 amide bonds. The van der Waals surface area contributed by atoms with Crippen molar-refractivity contribution >= 4 is 17.5 Å². The highest BCUT2D eigenvalue weighted by Gasteiger charge is 2.22. The summed E-state index contributed by atoms with van der Waals surface area (Å²) in [5.41, 5.74) is 3.55. The van der Waals surface area contributed by atoms with Gasteiger partial charge in [0.25, 0.3) is 0 Å². The Morgan fingerprint density at radius 1 is 1.00 bits per heavy atom. The van der Waals surface area contributed by atoms with Gasteiger partial charge in [-0.15, -0.1) is 0 Å². The van der Waals surface area contributed by atoms with E-state index in [9.17, 15) is 9.59 Å². The third-order valence-electron chi connectivity index (χ3n) is 5.19. The Hall–Kier alpha value is -2.62. The van der Waals surface area contributed by atoms with E-state index in [4.69, 9.17) is 0 Å². The van der Waals surface area contributed by atoms with Crippen molar-refractivity contribution < 1.29 is 9.59 Å². The van der Waals surface area contributed by atoms with Crippen molar-refractivity contribution in [3.63, 3.8) is 0 Å². The highest BCUT2D eigenvalue weighted by Crippen LogP contribution is 2.27. The number of fused-ring (bicyclic) bond motifs is 1. The number of aryl methyl sites for hydroxylation is 2. The van der Waals surface area contributed by atoms with Crippen LogP contribution in [0.1, 0.15) is 37.3 Å². The van der Waals surface area contributed by atoms with Crippen molar-refractivity contribution in [3.05, 3.63) is 65.7 Å². The summed E-state index contributed by atoms with van der Waals surface area (Å²) in [5.74, 6) is 0.145. The Morgan fingerprint density at radius 3 is 2.52 bits per heavy atom. The lowest BCUT2D eigenvalue weighted by molar-refractivity contribution is -0.129. The average molecular weight is 364 g/mol. The van der Waals surface area contributed by atoms with Crippen LogP contribution in [-0.2, 0) is 22.4 Å². The molecule has 0 radical (unpaired) electrons. The van der Waals surface area contributed by atoms with E-state index in [1.165, 1.54) is 11.1 Å². The van der Waals surface area contributed by atoms with E-state index in [1.807, 2.05) is 41.3 Å². The van der Waals surface area contributed by atoms with Crippen molar-refractivity contribution in [2.24, 2.45) is 0 Å². The molecule has 1 heterocycles. The maximum atomic E-state index is 12.8. The van der Waals surface area contributed by atoms with Crippen LogP contribution in [0.5, 0.6) is 0 Å². The fraction of sp³-hybridized carbons (Fsp3) is 0.391. The van der Waals surface area contributed by atoms with Crippen LogP contribution in [0.2, 0.25) is 0 Å². The summed E-state index contributed by atoms with van der Waals surface area (Å²) in [6, 6.07) is 18.4. The van der Waals surface area contributed by atoms with E-state index in [1.54, 1.807) is 11.8 Å². The summed E-state index contributed by atoms with van der Waals surface area (Å²) in [4.78, 5) is 28.4. The molecular weight excluding hydrogens is 336 g/mol. The van der Waals surface area contributed by atoms with Crippen LogP contribution in [-0.4, -0.2) is 36.3 Å². The summed E-state index contributed by atoms with van der Waals surface area (Å²) in [6.07, 6.45) is 4.25. The van der Waals surface area contributed by atoms with Gasteiger partial charge in [-0.05, 0) is 42.9 Å². The zero-order valence-corrected chi connectivity index (χ0v) is 16.1. The van der Waals surface area contributed by atoms with E-state index >= 15 is 0 Å². The van der Waals surface area contributed by atoms with Crippen LogP contribution in [0.4, 0.5) is 5.69 Å². The fourth-order valence-electron chi connectivity index (χ4n) is 3.70. The van der Waals surface area contributed by atoms with E-state index < -0.39 is 0 Å². The lowest BCUT2D eigenvalue weighted by Crippen LogP contribution is -2.39. The first-order valence-corrected chi connectivity index (χ1v) is 9.83. The van der Waals surface area contributed by atoms with Gasteiger partial charge in [0.1, 0.15) is 0 Å². The number of amides is 2. The molecular formula is C23H28N2O2. The van der Waals surface area contributed by atoms with Crippen molar-refractivity contribution in [2.45, 2.75) is 39.0 Å². The summed E-state index contributed by atoms with van der Waals surface area (Å²) in [5, 5.41) is 0. The molecule has 4 nitrogen and oxygen atoms in total. The first-order valence-electron chi connectivity index (χ1n) is 9.83. The maximum Gasteiger partial charge on any atom is 0.228 e. The van der Waals surface area contributed by atoms with E-state index in [2.05, 4.69) is 18.2 Å². The number of anilines is 1. The fourth-order valence-corrected chi connectivity index (χ4v) is 3.70. The molecule has 142 valence electrons. The second kappa shape index (κ2) is 9.36. The minimum Gasteiger partial charge on any atom is -0.342 e. The van der Waals surface area contributed by atoms with Gasteiger partial charge < -0.3 is 9.80 Å². The van der Waals surface area contributed by atoms with E-state index in [0.29, 0.717) is 19.5 Å². The largest absolute Gasteiger partial charge is 0.342 e. The molecule has 0 unspecified atom stereocenters. The second-order valence-corrected chi connectivity index (χ2v) is 7.12. The SMILES string of the molecule is CC(=O)N(CCCc1ccccc1)CCC(=O)N1CCCc2ccccc21. The highest BCUT2D eigenvalue weighted by atomic mass is 16.2. The Kier molecular flexibility index (Phi) is 6.64. The van der Waals surface area contributed by atoms with Gasteiger partial charge >= 0.3 is 0 Å². The number of hydrogen-bond acceptors (Lipinski definition) is 2. The van der Waals surface area contributed by atoms with Crippen LogP contribution in [0.15, 0.2) is 54.6 Å². The van der Waals surface area contributed by atoms with Gasteiger partial charge in [-0.2, -0.15) is 0 Å². The number of nitrogens with zero attached hydrogens (tertiary/aromatic N) is 2. The Bertz CT molecular complexity index is 773. The number of carbonyl (C=O) groups is 2. The molecule has 0 spiro atoms. The Balaban J connectivity index is 1.52. The van der Waals surface area contributed by atoms with Gasteiger partial charge in [0.15, 0.2) is 0 Å². The van der Waals surface area contributed by atoms with Crippen molar-refractivity contribution in [2.75, 3.05) is 24.5 Å². The number of para-hydroxylation sites is 1. The summed E-state index contributed by atoms with van der Waals surface area (Å²) in [7, 11) is 0. The lowest BCUT2D eigenvalue weighted by Gasteiger charge is -2.30. The molecule has 0 bridgehead atoms. The third kappa shape index (κ3) is 5.19. The average Bonchev–Trinajstić information content (AvgIpc) is 2.70. The number of rotatable bonds is 7. The van der Waals surface area contributed by atoms with Gasteiger partial charge in [0.2, 0.25) is 11.8 Å². The molecule has 0 saturated carbocycles. The van der Waals surface area contributed by atoms with E-state index in [0.717, 1.165) is 37.9 Å². The second-order valence-electron chi connectivity index (χ2n) is 7.12. The standard InChI is InChI=1S/C23H28N2O2/c1-19(26)24(16-7-11-20-9-3-2-4-10-20)18-15-23(27)25-17-8-13-21-12-5-6-14-22(21)25/h2-6,9-10,12,14H,7-8,11,13,15-18H2,1H3. The molecule has 27 heavy (non-hydrogen) atoms. The number of benzene rings is 2. The predicted octanol–water partition coefficient (Wildman–Crippen LogP) is 3.84. The smallest absolute Gasteiger partial charge is 0.228 e. The summed E-state index contributed by atoms with van der Waals surface area (Å²) >= 11 is 0. The molecule has 2 aromatic carbocycles. The van der Waals surface area contributed by atoms with Crippen LogP contribution in [0.25, 0.3) is 0 Å². The molecule has 0 aromatic heterocycles. The van der Waals surface area contributed by atoms with Crippen molar-refractivity contribution in [1.29, 1.82) is 0 Å². The summed E-state index contributed by atoms with van der Waals surface area (Å²) < 4.78 is 0. The molecule has 1 aliphatic heterocycles. The summed E-state index contributed by atoms with van der Waals surface area (Å²) in [6.45, 7) is 3.53. The zero-order chi connectivity index (χ0) is 19.1. The van der Waals surface area contributed by atoms with Gasteiger partial charge in [0, 0.05) is 38.7 Å². The van der Waals surface area contributed by atoms with Crippen LogP contribution in [0, 0.1) is 0 Å².